The van der Waals surface area contributed by atoms with Crippen LogP contribution in [0.15, 0.2) is 30.3 Å². The summed E-state index contributed by atoms with van der Waals surface area (Å²) in [4.78, 5) is 0. The average Bonchev–Trinajstić information content (AvgIpc) is 2.15. The zero-order chi connectivity index (χ0) is 13.3. The molecule has 0 unspecified atom stereocenters. The van der Waals surface area contributed by atoms with Gasteiger partial charge < -0.3 is 5.32 Å². The molecule has 7 nitrogen and oxygen atoms in total. The molecule has 0 atom stereocenters. The van der Waals surface area contributed by atoms with E-state index in [-0.39, 0.29) is 5.69 Å². The Kier molecular flexibility index (Phi) is 3.48. The van der Waals surface area contributed by atoms with Gasteiger partial charge in [0.1, 0.15) is 0 Å². The molecule has 9 heteroatoms. The molecule has 0 spiro atoms. The van der Waals surface area contributed by atoms with E-state index in [0.717, 1.165) is 0 Å². The minimum atomic E-state index is -5.07. The summed E-state index contributed by atoms with van der Waals surface area (Å²) in [5.41, 5.74) is 0.116. The molecule has 17 heavy (non-hydrogen) atoms. The van der Waals surface area contributed by atoms with Crippen LogP contribution in [-0.4, -0.2) is 30.1 Å². The van der Waals surface area contributed by atoms with Gasteiger partial charge in [-0.25, -0.2) is 0 Å². The predicted octanol–water partition coefficient (Wildman–Crippen LogP) is 0.548. The number of anilines is 1. The number of hydrogen-bond acceptors (Lipinski definition) is 5. The van der Waals surface area contributed by atoms with Crippen LogP contribution in [0.2, 0.25) is 0 Å². The first kappa shape index (κ1) is 13.9. The molecule has 0 heterocycles. The Balaban J connectivity index is 3.30. The maximum Gasteiger partial charge on any atom is 0.306 e. The van der Waals surface area contributed by atoms with Crippen LogP contribution in [0.4, 0.5) is 5.69 Å². The molecule has 1 aromatic rings. The fraction of sp³-hybridized carbons (Fsp3) is 0.250. The summed E-state index contributed by atoms with van der Waals surface area (Å²) in [6.45, 7) is 0.644. The van der Waals surface area contributed by atoms with E-state index < -0.39 is 24.4 Å². The molecule has 0 fully saturated rings. The molecule has 1 aromatic carbocycles. The van der Waals surface area contributed by atoms with Gasteiger partial charge in [0.25, 0.3) is 4.20 Å². The van der Waals surface area contributed by atoms with Gasteiger partial charge in [-0.1, -0.05) is 18.2 Å². The molecule has 0 aliphatic rings. The van der Waals surface area contributed by atoms with Crippen molar-refractivity contribution in [2.75, 3.05) is 5.32 Å². The lowest BCUT2D eigenvalue weighted by Crippen LogP contribution is -2.49. The SMILES string of the molecule is CC(Nc1ccccc1)(S(=O)(=O)O)S(=O)(=O)O. The molecule has 0 aliphatic carbocycles. The number of benzene rings is 1. The number of hydrogen-bond donors (Lipinski definition) is 3. The van der Waals surface area contributed by atoms with E-state index in [1.54, 1.807) is 6.07 Å². The zero-order valence-corrected chi connectivity index (χ0v) is 10.4. The van der Waals surface area contributed by atoms with Gasteiger partial charge in [-0.15, -0.1) is 0 Å². The second-order valence-corrected chi connectivity index (χ2v) is 7.18. The van der Waals surface area contributed by atoms with Crippen molar-refractivity contribution in [1.29, 1.82) is 0 Å². The summed E-state index contributed by atoms with van der Waals surface area (Å²) < 4.78 is 59.1. The Morgan fingerprint density at radius 2 is 1.41 bits per heavy atom. The second-order valence-electron chi connectivity index (χ2n) is 3.39. The number of nitrogens with one attached hydrogen (secondary N) is 1. The van der Waals surface area contributed by atoms with Crippen molar-refractivity contribution in [2.45, 2.75) is 11.1 Å². The maximum atomic E-state index is 11.1. The maximum absolute atomic E-state index is 11.1. The Bertz CT molecular complexity index is 560. The van der Waals surface area contributed by atoms with E-state index in [4.69, 9.17) is 9.11 Å². The van der Waals surface area contributed by atoms with E-state index in [1.807, 2.05) is 0 Å². The smallest absolute Gasteiger partial charge is 0.306 e. The van der Waals surface area contributed by atoms with E-state index in [2.05, 4.69) is 5.32 Å². The standard InChI is InChI=1S/C8H11NO6S2/c1-8(16(10,11)12,17(13,14)15)9-7-5-3-2-4-6-7/h2-6,9H,1H3,(H,10,11,12)(H,13,14,15). The lowest BCUT2D eigenvalue weighted by Gasteiger charge is -2.25. The third kappa shape index (κ3) is 2.75. The summed E-state index contributed by atoms with van der Waals surface area (Å²) in [6, 6.07) is 7.44. The summed E-state index contributed by atoms with van der Waals surface area (Å²) in [6.07, 6.45) is 0. The molecule has 0 bridgehead atoms. The predicted molar refractivity (Wildman–Crippen MR) is 61.6 cm³/mol. The largest absolute Gasteiger partial charge is 0.350 e. The highest BCUT2D eigenvalue weighted by molar-refractivity contribution is 8.05. The third-order valence-electron chi connectivity index (χ3n) is 2.13. The van der Waals surface area contributed by atoms with E-state index in [9.17, 15) is 16.8 Å². The van der Waals surface area contributed by atoms with Gasteiger partial charge in [-0.05, 0) is 19.1 Å². The van der Waals surface area contributed by atoms with Crippen LogP contribution in [0.3, 0.4) is 0 Å². The van der Waals surface area contributed by atoms with Gasteiger partial charge in [-0.3, -0.25) is 9.11 Å². The molecular formula is C8H11NO6S2. The van der Waals surface area contributed by atoms with Gasteiger partial charge in [0, 0.05) is 5.69 Å². The van der Waals surface area contributed by atoms with Crippen molar-refractivity contribution in [2.24, 2.45) is 0 Å². The lowest BCUT2D eigenvalue weighted by molar-refractivity contribution is 0.437. The molecule has 0 aliphatic heterocycles. The molecular weight excluding hydrogens is 270 g/mol. The fourth-order valence-corrected chi connectivity index (χ4v) is 2.60. The zero-order valence-electron chi connectivity index (χ0n) is 8.73. The van der Waals surface area contributed by atoms with Crippen LogP contribution < -0.4 is 5.32 Å². The molecule has 0 saturated heterocycles. The van der Waals surface area contributed by atoms with E-state index in [0.29, 0.717) is 6.92 Å². The molecule has 0 amide bonds. The van der Waals surface area contributed by atoms with Crippen LogP contribution in [-0.2, 0) is 20.2 Å². The molecule has 96 valence electrons. The molecule has 1 rings (SSSR count). The first-order valence-corrected chi connectivity index (χ1v) is 7.23. The highest BCUT2D eigenvalue weighted by Gasteiger charge is 2.50. The molecule has 3 N–H and O–H groups in total. The minimum absolute atomic E-state index is 0.116. The third-order valence-corrected chi connectivity index (χ3v) is 5.57. The van der Waals surface area contributed by atoms with Gasteiger partial charge in [0.2, 0.25) is 0 Å². The van der Waals surface area contributed by atoms with Crippen molar-refractivity contribution in [3.05, 3.63) is 30.3 Å². The van der Waals surface area contributed by atoms with Crippen LogP contribution in [0.25, 0.3) is 0 Å². The first-order chi connectivity index (χ1) is 7.58. The highest BCUT2D eigenvalue weighted by Crippen LogP contribution is 2.25. The van der Waals surface area contributed by atoms with Crippen LogP contribution >= 0.6 is 0 Å². The summed E-state index contributed by atoms with van der Waals surface area (Å²) in [5, 5.41) is 2.06. The first-order valence-electron chi connectivity index (χ1n) is 4.35. The number of rotatable bonds is 4. The van der Waals surface area contributed by atoms with Crippen molar-refractivity contribution < 1.29 is 25.9 Å². The monoisotopic (exact) mass is 281 g/mol. The van der Waals surface area contributed by atoms with E-state index >= 15 is 0 Å². The van der Waals surface area contributed by atoms with Crippen LogP contribution in [0, 0.1) is 0 Å². The molecule has 0 aromatic heterocycles. The van der Waals surface area contributed by atoms with E-state index in [1.165, 1.54) is 24.3 Å². The van der Waals surface area contributed by atoms with Gasteiger partial charge in [0.15, 0.2) is 0 Å². The van der Waals surface area contributed by atoms with Crippen LogP contribution in [0.5, 0.6) is 0 Å². The van der Waals surface area contributed by atoms with Gasteiger partial charge in [-0.2, -0.15) is 16.8 Å². The quantitative estimate of drug-likeness (QED) is 0.689. The second kappa shape index (κ2) is 4.26. The van der Waals surface area contributed by atoms with Gasteiger partial charge in [0.05, 0.1) is 0 Å². The van der Waals surface area contributed by atoms with Crippen molar-refractivity contribution in [1.82, 2.24) is 0 Å². The van der Waals surface area contributed by atoms with Crippen molar-refractivity contribution in [3.8, 4) is 0 Å². The average molecular weight is 281 g/mol. The Labute approximate surface area is 99.0 Å². The van der Waals surface area contributed by atoms with Gasteiger partial charge >= 0.3 is 20.2 Å². The minimum Gasteiger partial charge on any atom is -0.350 e. The fourth-order valence-electron chi connectivity index (χ4n) is 1.05. The summed E-state index contributed by atoms with van der Waals surface area (Å²) in [7, 11) is -10.1. The normalized spacial score (nSPS) is 13.4. The van der Waals surface area contributed by atoms with Crippen molar-refractivity contribution in [3.63, 3.8) is 0 Å². The summed E-state index contributed by atoms with van der Waals surface area (Å²) >= 11 is 0. The Morgan fingerprint density at radius 1 is 1.00 bits per heavy atom. The molecule has 0 radical (unpaired) electrons. The Hall–Kier alpha value is -1.16. The summed E-state index contributed by atoms with van der Waals surface area (Å²) in [5.74, 6) is 0. The highest BCUT2D eigenvalue weighted by atomic mass is 32.3. The van der Waals surface area contributed by atoms with Crippen molar-refractivity contribution >= 4 is 25.9 Å². The number of para-hydroxylation sites is 1. The molecule has 0 saturated carbocycles. The van der Waals surface area contributed by atoms with Crippen LogP contribution in [0.1, 0.15) is 6.92 Å². The Morgan fingerprint density at radius 3 is 1.76 bits per heavy atom. The topological polar surface area (TPSA) is 121 Å². The lowest BCUT2D eigenvalue weighted by atomic mass is 10.3.